The largest absolute Gasteiger partial charge is 0.491 e. The fraction of sp³-hybridized carbons (Fsp3) is 0.375. The standard InChI is InChI=1S/C40H49N3O7/c1-8-33-34(29-14-18-31(19-15-29)47-25-24-46-23-22-41)26-42-36(43(37(44)49-39(2,3)4)38(45)50-40(5,6)7)35(33)30-16-20-32(21-17-30)48-27-28-12-10-9-11-13-28/h9-21,26H,8,22-25,27,41H2,1-7H3. The molecule has 0 bridgehead atoms. The zero-order valence-electron chi connectivity index (χ0n) is 30.2. The van der Waals surface area contributed by atoms with Crippen molar-refractivity contribution in [3.63, 3.8) is 0 Å². The lowest BCUT2D eigenvalue weighted by molar-refractivity contribution is 0.0429. The summed E-state index contributed by atoms with van der Waals surface area (Å²) in [7, 11) is 0. The van der Waals surface area contributed by atoms with Gasteiger partial charge in [-0.25, -0.2) is 14.6 Å². The quantitative estimate of drug-likeness (QED) is 0.138. The van der Waals surface area contributed by atoms with E-state index in [0.29, 0.717) is 56.5 Å². The fourth-order valence-electron chi connectivity index (χ4n) is 5.08. The summed E-state index contributed by atoms with van der Waals surface area (Å²) < 4.78 is 28.7. The molecule has 10 nitrogen and oxygen atoms in total. The van der Waals surface area contributed by atoms with Crippen LogP contribution < -0.4 is 20.1 Å². The van der Waals surface area contributed by atoms with Crippen molar-refractivity contribution in [1.29, 1.82) is 0 Å². The number of hydrogen-bond acceptors (Lipinski definition) is 9. The van der Waals surface area contributed by atoms with Gasteiger partial charge in [0, 0.05) is 23.9 Å². The van der Waals surface area contributed by atoms with Crippen LogP contribution >= 0.6 is 0 Å². The maximum atomic E-state index is 13.8. The van der Waals surface area contributed by atoms with Gasteiger partial charge in [-0.3, -0.25) is 0 Å². The second kappa shape index (κ2) is 17.1. The van der Waals surface area contributed by atoms with Gasteiger partial charge >= 0.3 is 12.2 Å². The molecule has 0 unspecified atom stereocenters. The van der Waals surface area contributed by atoms with E-state index in [0.717, 1.165) is 32.7 Å². The van der Waals surface area contributed by atoms with E-state index < -0.39 is 23.4 Å². The zero-order valence-corrected chi connectivity index (χ0v) is 30.2. The summed E-state index contributed by atoms with van der Waals surface area (Å²) in [4.78, 5) is 33.3. The van der Waals surface area contributed by atoms with Crippen LogP contribution in [0.2, 0.25) is 0 Å². The number of nitrogens with two attached hydrogens (primary N) is 1. The molecular formula is C40H49N3O7. The molecule has 0 saturated heterocycles. The lowest BCUT2D eigenvalue weighted by Gasteiger charge is -2.30. The van der Waals surface area contributed by atoms with Gasteiger partial charge < -0.3 is 29.4 Å². The first kappa shape index (κ1) is 37.9. The second-order valence-corrected chi connectivity index (χ2v) is 13.6. The van der Waals surface area contributed by atoms with Crippen molar-refractivity contribution in [1.82, 2.24) is 4.98 Å². The molecule has 2 N–H and O–H groups in total. The predicted octanol–water partition coefficient (Wildman–Crippen LogP) is 8.59. The zero-order chi connectivity index (χ0) is 36.3. The molecule has 1 aromatic heterocycles. The topological polar surface area (TPSA) is 122 Å². The Morgan fingerprint density at radius 3 is 1.82 bits per heavy atom. The summed E-state index contributed by atoms with van der Waals surface area (Å²) >= 11 is 0. The monoisotopic (exact) mass is 683 g/mol. The van der Waals surface area contributed by atoms with Crippen molar-refractivity contribution >= 4 is 18.0 Å². The van der Waals surface area contributed by atoms with Gasteiger partial charge in [0.25, 0.3) is 0 Å². The van der Waals surface area contributed by atoms with Crippen LogP contribution in [0.3, 0.4) is 0 Å². The molecule has 4 aromatic rings. The highest BCUT2D eigenvalue weighted by molar-refractivity contribution is 6.11. The number of pyridine rings is 1. The van der Waals surface area contributed by atoms with E-state index in [4.69, 9.17) is 34.4 Å². The van der Waals surface area contributed by atoms with Crippen LogP contribution in [0, 0.1) is 0 Å². The first-order valence-electron chi connectivity index (χ1n) is 16.9. The van der Waals surface area contributed by atoms with Crippen LogP contribution in [0.25, 0.3) is 22.3 Å². The molecule has 0 atom stereocenters. The van der Waals surface area contributed by atoms with Crippen molar-refractivity contribution in [3.05, 3.63) is 96.2 Å². The maximum absolute atomic E-state index is 13.8. The van der Waals surface area contributed by atoms with E-state index in [2.05, 4.69) is 0 Å². The van der Waals surface area contributed by atoms with Gasteiger partial charge in [0.1, 0.15) is 35.9 Å². The van der Waals surface area contributed by atoms with Gasteiger partial charge in [0.05, 0.1) is 13.2 Å². The van der Waals surface area contributed by atoms with Crippen molar-refractivity contribution in [3.8, 4) is 33.8 Å². The minimum absolute atomic E-state index is 0.101. The highest BCUT2D eigenvalue weighted by Crippen LogP contribution is 2.40. The Hall–Kier alpha value is -4.93. The lowest BCUT2D eigenvalue weighted by atomic mass is 9.91. The molecule has 0 aliphatic rings. The number of rotatable bonds is 13. The highest BCUT2D eigenvalue weighted by atomic mass is 16.6. The third-order valence-corrected chi connectivity index (χ3v) is 7.20. The minimum atomic E-state index is -0.893. The Labute approximate surface area is 295 Å². The molecule has 50 heavy (non-hydrogen) atoms. The number of anilines is 1. The summed E-state index contributed by atoms with van der Waals surface area (Å²) in [6.07, 6.45) is 0.442. The first-order chi connectivity index (χ1) is 23.8. The molecule has 3 aromatic carbocycles. The van der Waals surface area contributed by atoms with Crippen LogP contribution in [0.1, 0.15) is 59.6 Å². The summed E-state index contributed by atoms with van der Waals surface area (Å²) in [6.45, 7) is 14.6. The molecule has 0 saturated carbocycles. The molecule has 0 spiro atoms. The Morgan fingerprint density at radius 1 is 0.720 bits per heavy atom. The van der Waals surface area contributed by atoms with E-state index in [-0.39, 0.29) is 5.82 Å². The fourth-order valence-corrected chi connectivity index (χ4v) is 5.08. The number of carbonyl (C=O) groups excluding carboxylic acids is 2. The van der Waals surface area contributed by atoms with E-state index in [1.165, 1.54) is 0 Å². The maximum Gasteiger partial charge on any atom is 0.425 e. The van der Waals surface area contributed by atoms with E-state index in [1.807, 2.05) is 85.8 Å². The minimum Gasteiger partial charge on any atom is -0.491 e. The van der Waals surface area contributed by atoms with Crippen LogP contribution in [0.5, 0.6) is 11.5 Å². The molecule has 0 aliphatic carbocycles. The molecule has 0 fully saturated rings. The molecule has 266 valence electrons. The summed E-state index contributed by atoms with van der Waals surface area (Å²) in [5, 5.41) is 0. The van der Waals surface area contributed by atoms with Gasteiger partial charge in [0.2, 0.25) is 0 Å². The Morgan fingerprint density at radius 2 is 1.28 bits per heavy atom. The SMILES string of the molecule is CCc1c(-c2ccc(OCCOCCN)cc2)cnc(N(C(=O)OC(C)(C)C)C(=O)OC(C)(C)C)c1-c1ccc(OCc2ccccc2)cc1. The van der Waals surface area contributed by atoms with Crippen LogP contribution in [0.15, 0.2) is 85.1 Å². The number of hydrogen-bond donors (Lipinski definition) is 1. The van der Waals surface area contributed by atoms with Gasteiger partial charge in [-0.15, -0.1) is 0 Å². The third kappa shape index (κ3) is 10.8. The molecule has 0 radical (unpaired) electrons. The molecular weight excluding hydrogens is 634 g/mol. The molecule has 10 heteroatoms. The Bertz CT molecular complexity index is 1670. The highest BCUT2D eigenvalue weighted by Gasteiger charge is 2.36. The third-order valence-electron chi connectivity index (χ3n) is 7.20. The van der Waals surface area contributed by atoms with Crippen molar-refractivity contribution in [2.75, 3.05) is 31.3 Å². The lowest BCUT2D eigenvalue weighted by Crippen LogP contribution is -2.44. The van der Waals surface area contributed by atoms with Gasteiger partial charge in [-0.2, -0.15) is 4.90 Å². The summed E-state index contributed by atoms with van der Waals surface area (Å²) in [5.41, 5.74) is 8.67. The van der Waals surface area contributed by atoms with E-state index in [1.54, 1.807) is 47.7 Å². The molecule has 1 heterocycles. The number of ether oxygens (including phenoxy) is 5. The number of benzene rings is 3. The Kier molecular flexibility index (Phi) is 13.0. The average molecular weight is 684 g/mol. The normalized spacial score (nSPS) is 11.5. The second-order valence-electron chi connectivity index (χ2n) is 13.6. The van der Waals surface area contributed by atoms with Crippen LogP contribution in [0.4, 0.5) is 15.4 Å². The van der Waals surface area contributed by atoms with E-state index >= 15 is 0 Å². The summed E-state index contributed by atoms with van der Waals surface area (Å²) in [5.74, 6) is 1.46. The Balaban J connectivity index is 1.80. The predicted molar refractivity (Wildman–Crippen MR) is 196 cm³/mol. The molecule has 0 aliphatic heterocycles. The van der Waals surface area contributed by atoms with E-state index in [9.17, 15) is 9.59 Å². The molecule has 4 rings (SSSR count). The molecule has 2 amide bonds. The number of aromatic nitrogens is 1. The number of amides is 2. The van der Waals surface area contributed by atoms with Gasteiger partial charge in [-0.1, -0.05) is 61.5 Å². The number of nitrogens with zero attached hydrogens (tertiary/aromatic N) is 2. The summed E-state index contributed by atoms with van der Waals surface area (Å²) in [6, 6.07) is 25.1. The number of imide groups is 1. The van der Waals surface area contributed by atoms with Crippen molar-refractivity contribution < 1.29 is 33.3 Å². The first-order valence-corrected chi connectivity index (χ1v) is 16.9. The van der Waals surface area contributed by atoms with Crippen molar-refractivity contribution in [2.24, 2.45) is 5.73 Å². The van der Waals surface area contributed by atoms with Crippen molar-refractivity contribution in [2.45, 2.75) is 72.7 Å². The van der Waals surface area contributed by atoms with Crippen LogP contribution in [-0.4, -0.2) is 54.7 Å². The van der Waals surface area contributed by atoms with Gasteiger partial charge in [0.15, 0.2) is 5.82 Å². The van der Waals surface area contributed by atoms with Crippen LogP contribution in [-0.2, 0) is 27.2 Å². The number of carbonyl (C=O) groups is 2. The smallest absolute Gasteiger partial charge is 0.425 e. The average Bonchev–Trinajstić information content (AvgIpc) is 3.06. The van der Waals surface area contributed by atoms with Gasteiger partial charge in [-0.05, 0) is 94.5 Å².